The van der Waals surface area contributed by atoms with Gasteiger partial charge in [-0.25, -0.2) is 0 Å². The summed E-state index contributed by atoms with van der Waals surface area (Å²) >= 11 is 0. The molecule has 66 valence electrons. The number of H-pyrrole nitrogens is 2. The smallest absolute Gasteiger partial charge is 0.259 e. The maximum absolute atomic E-state index is 11.4. The summed E-state index contributed by atoms with van der Waals surface area (Å²) in [5, 5.41) is 15.1. The zero-order valence-corrected chi connectivity index (χ0v) is 6.61. The number of carbonyl (C=O) groups excluding carboxylic acids is 1. The first-order chi connectivity index (χ1) is 6.36. The molecule has 0 radical (unpaired) electrons. The average Bonchev–Trinajstić information content (AvgIpc) is 2.74. The number of anilines is 1. The van der Waals surface area contributed by atoms with Gasteiger partial charge in [-0.3, -0.25) is 15.0 Å². The quantitative estimate of drug-likeness (QED) is 0.620. The number of rotatable bonds is 2. The van der Waals surface area contributed by atoms with Crippen molar-refractivity contribution in [3.05, 3.63) is 30.2 Å². The number of hydrogen-bond acceptors (Lipinski definition) is 3. The van der Waals surface area contributed by atoms with E-state index in [1.165, 1.54) is 12.4 Å². The summed E-state index contributed by atoms with van der Waals surface area (Å²) in [6, 6.07) is 1.66. The van der Waals surface area contributed by atoms with Crippen LogP contribution in [0.3, 0.4) is 0 Å². The first kappa shape index (κ1) is 7.53. The third-order valence-corrected chi connectivity index (χ3v) is 1.51. The number of hydrogen-bond donors (Lipinski definition) is 3. The molecular weight excluding hydrogens is 170 g/mol. The lowest BCUT2D eigenvalue weighted by atomic mass is 10.3. The molecule has 0 saturated carbocycles. The minimum absolute atomic E-state index is 0.224. The number of nitrogens with zero attached hydrogens (tertiary/aromatic N) is 2. The largest absolute Gasteiger partial charge is 0.307 e. The van der Waals surface area contributed by atoms with Gasteiger partial charge in [-0.05, 0) is 0 Å². The van der Waals surface area contributed by atoms with Crippen molar-refractivity contribution in [1.82, 2.24) is 20.4 Å². The molecule has 3 N–H and O–H groups in total. The summed E-state index contributed by atoms with van der Waals surface area (Å²) in [5.74, 6) is 0.337. The highest BCUT2D eigenvalue weighted by Crippen LogP contribution is 2.02. The predicted molar refractivity (Wildman–Crippen MR) is 45.1 cm³/mol. The van der Waals surface area contributed by atoms with Gasteiger partial charge in [-0.2, -0.15) is 10.2 Å². The fraction of sp³-hybridized carbons (Fsp3) is 0. The number of carbonyl (C=O) groups is 1. The minimum atomic E-state index is -0.224. The van der Waals surface area contributed by atoms with Crippen molar-refractivity contribution in [2.45, 2.75) is 0 Å². The molecule has 0 fully saturated rings. The van der Waals surface area contributed by atoms with E-state index in [-0.39, 0.29) is 5.91 Å². The fourth-order valence-electron chi connectivity index (χ4n) is 0.895. The summed E-state index contributed by atoms with van der Waals surface area (Å²) < 4.78 is 0. The van der Waals surface area contributed by atoms with Crippen molar-refractivity contribution in [2.75, 3.05) is 5.32 Å². The molecule has 2 rings (SSSR count). The highest BCUT2D eigenvalue weighted by Gasteiger charge is 2.06. The van der Waals surface area contributed by atoms with Gasteiger partial charge in [0.15, 0.2) is 0 Å². The van der Waals surface area contributed by atoms with Crippen LogP contribution in [0.2, 0.25) is 0 Å². The summed E-state index contributed by atoms with van der Waals surface area (Å²) in [6.07, 6.45) is 4.53. The molecule has 0 bridgehead atoms. The van der Waals surface area contributed by atoms with E-state index in [0.29, 0.717) is 11.4 Å². The number of aromatic nitrogens is 4. The Bertz CT molecular complexity index is 377. The minimum Gasteiger partial charge on any atom is -0.307 e. The molecule has 0 atom stereocenters. The molecule has 0 aliphatic carbocycles. The summed E-state index contributed by atoms with van der Waals surface area (Å²) in [4.78, 5) is 11.4. The van der Waals surface area contributed by atoms with Crippen molar-refractivity contribution in [2.24, 2.45) is 0 Å². The van der Waals surface area contributed by atoms with Crippen molar-refractivity contribution >= 4 is 11.7 Å². The first-order valence-electron chi connectivity index (χ1n) is 3.66. The van der Waals surface area contributed by atoms with E-state index in [0.717, 1.165) is 0 Å². The second kappa shape index (κ2) is 3.10. The Kier molecular flexibility index (Phi) is 1.79. The highest BCUT2D eigenvalue weighted by atomic mass is 16.1. The number of amides is 1. The lowest BCUT2D eigenvalue weighted by Crippen LogP contribution is -2.11. The van der Waals surface area contributed by atoms with Gasteiger partial charge in [0, 0.05) is 12.3 Å². The molecule has 6 nitrogen and oxygen atoms in total. The lowest BCUT2D eigenvalue weighted by Gasteiger charge is -1.97. The lowest BCUT2D eigenvalue weighted by molar-refractivity contribution is 0.102. The Morgan fingerprint density at radius 3 is 3.00 bits per heavy atom. The second-order valence-electron chi connectivity index (χ2n) is 2.41. The molecule has 2 aromatic rings. The van der Waals surface area contributed by atoms with Crippen LogP contribution < -0.4 is 5.32 Å². The van der Waals surface area contributed by atoms with Gasteiger partial charge in [0.2, 0.25) is 0 Å². The molecule has 0 spiro atoms. The van der Waals surface area contributed by atoms with E-state index in [1.807, 2.05) is 0 Å². The van der Waals surface area contributed by atoms with Crippen LogP contribution in [0.4, 0.5) is 5.82 Å². The summed E-state index contributed by atoms with van der Waals surface area (Å²) in [6.45, 7) is 0. The Morgan fingerprint density at radius 2 is 2.38 bits per heavy atom. The predicted octanol–water partition coefficient (Wildman–Crippen LogP) is 0.385. The van der Waals surface area contributed by atoms with Crippen molar-refractivity contribution in [3.8, 4) is 0 Å². The van der Waals surface area contributed by atoms with E-state index < -0.39 is 0 Å². The summed E-state index contributed by atoms with van der Waals surface area (Å²) in [5.41, 5.74) is 0.481. The molecule has 2 aromatic heterocycles. The maximum Gasteiger partial charge on any atom is 0.259 e. The van der Waals surface area contributed by atoms with Crippen LogP contribution in [-0.4, -0.2) is 26.3 Å². The van der Waals surface area contributed by atoms with Crippen LogP contribution in [0.1, 0.15) is 10.4 Å². The average molecular weight is 177 g/mol. The first-order valence-corrected chi connectivity index (χ1v) is 3.66. The van der Waals surface area contributed by atoms with Gasteiger partial charge in [-0.15, -0.1) is 0 Å². The van der Waals surface area contributed by atoms with Crippen LogP contribution in [0.15, 0.2) is 24.7 Å². The third-order valence-electron chi connectivity index (χ3n) is 1.51. The van der Waals surface area contributed by atoms with Crippen LogP contribution in [0, 0.1) is 0 Å². The van der Waals surface area contributed by atoms with Crippen molar-refractivity contribution in [3.63, 3.8) is 0 Å². The fourth-order valence-corrected chi connectivity index (χ4v) is 0.895. The maximum atomic E-state index is 11.4. The van der Waals surface area contributed by atoms with E-state index >= 15 is 0 Å². The van der Waals surface area contributed by atoms with E-state index in [9.17, 15) is 4.79 Å². The highest BCUT2D eigenvalue weighted by molar-refractivity contribution is 6.03. The SMILES string of the molecule is O=C(Nc1ccn[nH]1)c1cn[nH]c1. The molecule has 6 heteroatoms. The van der Waals surface area contributed by atoms with E-state index in [4.69, 9.17) is 0 Å². The van der Waals surface area contributed by atoms with Gasteiger partial charge in [0.25, 0.3) is 5.91 Å². The molecule has 0 saturated heterocycles. The third kappa shape index (κ3) is 1.56. The van der Waals surface area contributed by atoms with Crippen LogP contribution >= 0.6 is 0 Å². The Hall–Kier alpha value is -2.11. The van der Waals surface area contributed by atoms with Crippen LogP contribution in [0.25, 0.3) is 0 Å². The normalized spacial score (nSPS) is 9.85. The Labute approximate surface area is 73.4 Å². The van der Waals surface area contributed by atoms with Crippen molar-refractivity contribution in [1.29, 1.82) is 0 Å². The zero-order valence-electron chi connectivity index (χ0n) is 6.61. The second-order valence-corrected chi connectivity index (χ2v) is 2.41. The number of nitrogens with one attached hydrogen (secondary N) is 3. The molecule has 0 aromatic carbocycles. The number of aromatic amines is 2. The zero-order chi connectivity index (χ0) is 9.10. The molecule has 13 heavy (non-hydrogen) atoms. The molecule has 0 unspecified atom stereocenters. The van der Waals surface area contributed by atoms with Crippen LogP contribution in [0.5, 0.6) is 0 Å². The van der Waals surface area contributed by atoms with Crippen LogP contribution in [-0.2, 0) is 0 Å². The molecular formula is C7H7N5O. The Balaban J connectivity index is 2.08. The summed E-state index contributed by atoms with van der Waals surface area (Å²) in [7, 11) is 0. The van der Waals surface area contributed by atoms with Crippen molar-refractivity contribution < 1.29 is 4.79 Å². The van der Waals surface area contributed by atoms with E-state index in [2.05, 4.69) is 25.7 Å². The van der Waals surface area contributed by atoms with E-state index in [1.54, 1.807) is 12.3 Å². The Morgan fingerprint density at radius 1 is 1.46 bits per heavy atom. The topological polar surface area (TPSA) is 86.5 Å². The van der Waals surface area contributed by atoms with Gasteiger partial charge < -0.3 is 5.32 Å². The van der Waals surface area contributed by atoms with Gasteiger partial charge in [0.05, 0.1) is 18.0 Å². The van der Waals surface area contributed by atoms with Gasteiger partial charge >= 0.3 is 0 Å². The standard InChI is InChI=1S/C7H7N5O/c13-7(5-3-9-10-4-5)11-6-1-2-8-12-6/h1-4H,(H,9,10)(H2,8,11,12,13). The molecule has 0 aliphatic heterocycles. The van der Waals surface area contributed by atoms with Gasteiger partial charge in [-0.1, -0.05) is 0 Å². The van der Waals surface area contributed by atoms with Gasteiger partial charge in [0.1, 0.15) is 5.82 Å². The molecule has 2 heterocycles. The molecule has 0 aliphatic rings. The molecule has 1 amide bonds. The monoisotopic (exact) mass is 177 g/mol.